The van der Waals surface area contributed by atoms with Crippen molar-refractivity contribution in [2.75, 3.05) is 6.61 Å². The number of hydrogen-bond donors (Lipinski definition) is 0. The van der Waals surface area contributed by atoms with Crippen LogP contribution in [0.4, 0.5) is 0 Å². The molecule has 0 bridgehead atoms. The van der Waals surface area contributed by atoms with Crippen molar-refractivity contribution in [2.24, 2.45) is 0 Å². The standard InChI is InChI=1S/C11H11Cl2IO2/c1-2-16-11(15)10(13)5-7-3-4-8(14)6-9(7)12/h3-4,6,10H,2,5H2,1H3. The summed E-state index contributed by atoms with van der Waals surface area (Å²) in [5, 5.41) is -0.0561. The third-order valence-corrected chi connectivity index (χ3v) is 3.31. The molecule has 0 N–H and O–H groups in total. The third kappa shape index (κ3) is 4.11. The number of benzene rings is 1. The molecule has 0 aliphatic carbocycles. The van der Waals surface area contributed by atoms with Crippen molar-refractivity contribution >= 4 is 51.8 Å². The second kappa shape index (κ2) is 6.67. The summed E-state index contributed by atoms with van der Waals surface area (Å²) < 4.78 is 5.87. The lowest BCUT2D eigenvalue weighted by atomic mass is 10.1. The first-order valence-corrected chi connectivity index (χ1v) is 6.68. The van der Waals surface area contributed by atoms with E-state index in [0.29, 0.717) is 18.1 Å². The fourth-order valence-electron chi connectivity index (χ4n) is 1.20. The molecule has 2 nitrogen and oxygen atoms in total. The Bertz CT molecular complexity index is 382. The van der Waals surface area contributed by atoms with Gasteiger partial charge in [0.05, 0.1) is 6.61 Å². The van der Waals surface area contributed by atoms with Gasteiger partial charge in [-0.1, -0.05) is 17.7 Å². The lowest BCUT2D eigenvalue weighted by molar-refractivity contribution is -0.142. The summed E-state index contributed by atoms with van der Waals surface area (Å²) in [5.74, 6) is -0.404. The normalized spacial score (nSPS) is 12.2. The van der Waals surface area contributed by atoms with Gasteiger partial charge in [-0.2, -0.15) is 0 Å². The number of carbonyl (C=O) groups excluding carboxylic acids is 1. The van der Waals surface area contributed by atoms with Gasteiger partial charge in [-0.15, -0.1) is 11.6 Å². The van der Waals surface area contributed by atoms with Crippen molar-refractivity contribution in [3.63, 3.8) is 0 Å². The van der Waals surface area contributed by atoms with Crippen LogP contribution in [0.1, 0.15) is 12.5 Å². The Labute approximate surface area is 118 Å². The minimum atomic E-state index is -0.683. The molecule has 1 aromatic carbocycles. The summed E-state index contributed by atoms with van der Waals surface area (Å²) in [7, 11) is 0. The van der Waals surface area contributed by atoms with E-state index in [2.05, 4.69) is 22.6 Å². The van der Waals surface area contributed by atoms with Gasteiger partial charge in [0, 0.05) is 15.0 Å². The van der Waals surface area contributed by atoms with Crippen LogP contribution in [-0.2, 0) is 16.0 Å². The molecule has 16 heavy (non-hydrogen) atoms. The Kier molecular flexibility index (Phi) is 5.86. The number of rotatable bonds is 4. The van der Waals surface area contributed by atoms with Crippen molar-refractivity contribution in [3.05, 3.63) is 32.4 Å². The second-order valence-corrected chi connectivity index (χ2v) is 5.34. The van der Waals surface area contributed by atoms with E-state index in [1.807, 2.05) is 18.2 Å². The zero-order valence-electron chi connectivity index (χ0n) is 8.67. The summed E-state index contributed by atoms with van der Waals surface area (Å²) in [6.07, 6.45) is 0.385. The minimum absolute atomic E-state index is 0.336. The van der Waals surface area contributed by atoms with Crippen LogP contribution in [-0.4, -0.2) is 18.0 Å². The van der Waals surface area contributed by atoms with Crippen LogP contribution in [0, 0.1) is 3.57 Å². The number of esters is 1. The second-order valence-electron chi connectivity index (χ2n) is 3.16. The predicted octanol–water partition coefficient (Wildman–Crippen LogP) is 3.66. The number of alkyl halides is 1. The Morgan fingerprint density at radius 3 is 2.81 bits per heavy atom. The zero-order chi connectivity index (χ0) is 12.1. The molecule has 1 aromatic rings. The Balaban J connectivity index is 2.69. The van der Waals surface area contributed by atoms with E-state index in [9.17, 15) is 4.79 Å². The topological polar surface area (TPSA) is 26.3 Å². The monoisotopic (exact) mass is 372 g/mol. The number of halogens is 3. The van der Waals surface area contributed by atoms with Gasteiger partial charge in [-0.25, -0.2) is 0 Å². The van der Waals surface area contributed by atoms with E-state index in [4.69, 9.17) is 27.9 Å². The van der Waals surface area contributed by atoms with Crippen LogP contribution >= 0.6 is 45.8 Å². The van der Waals surface area contributed by atoms with Gasteiger partial charge in [-0.3, -0.25) is 4.79 Å². The van der Waals surface area contributed by atoms with Gasteiger partial charge in [-0.05, 0) is 47.2 Å². The van der Waals surface area contributed by atoms with Crippen LogP contribution in [0.15, 0.2) is 18.2 Å². The SMILES string of the molecule is CCOC(=O)C(Cl)Cc1ccc(I)cc1Cl. The molecule has 0 aliphatic rings. The summed E-state index contributed by atoms with van der Waals surface area (Å²) >= 11 is 14.1. The van der Waals surface area contributed by atoms with Crippen molar-refractivity contribution in [3.8, 4) is 0 Å². The largest absolute Gasteiger partial charge is 0.465 e. The molecule has 0 heterocycles. The maximum Gasteiger partial charge on any atom is 0.324 e. The summed E-state index contributed by atoms with van der Waals surface area (Å²) in [6, 6.07) is 5.64. The smallest absolute Gasteiger partial charge is 0.324 e. The molecule has 5 heteroatoms. The first-order valence-electron chi connectivity index (χ1n) is 4.79. The molecule has 0 amide bonds. The maximum absolute atomic E-state index is 11.3. The molecule has 1 atom stereocenters. The molecule has 0 saturated carbocycles. The molecule has 0 fully saturated rings. The molecule has 88 valence electrons. The molecule has 0 radical (unpaired) electrons. The van der Waals surface area contributed by atoms with Crippen LogP contribution in [0.5, 0.6) is 0 Å². The van der Waals surface area contributed by atoms with E-state index < -0.39 is 11.3 Å². The summed E-state index contributed by atoms with van der Waals surface area (Å²) in [6.45, 7) is 2.09. The highest BCUT2D eigenvalue weighted by molar-refractivity contribution is 14.1. The Hall–Kier alpha value is -0.0000000000000000555. The zero-order valence-corrected chi connectivity index (χ0v) is 12.3. The highest BCUT2D eigenvalue weighted by atomic mass is 127. The van der Waals surface area contributed by atoms with Gasteiger partial charge >= 0.3 is 5.97 Å². The van der Waals surface area contributed by atoms with Gasteiger partial charge < -0.3 is 4.74 Å². The van der Waals surface area contributed by atoms with Crippen molar-refractivity contribution in [1.29, 1.82) is 0 Å². The van der Waals surface area contributed by atoms with E-state index in [-0.39, 0.29) is 0 Å². The third-order valence-electron chi connectivity index (χ3n) is 1.96. The first kappa shape index (κ1) is 14.1. The lowest BCUT2D eigenvalue weighted by Gasteiger charge is -2.10. The molecule has 0 saturated heterocycles. The fraction of sp³-hybridized carbons (Fsp3) is 0.364. The minimum Gasteiger partial charge on any atom is -0.465 e. The van der Waals surface area contributed by atoms with E-state index >= 15 is 0 Å². The summed E-state index contributed by atoms with van der Waals surface area (Å²) in [4.78, 5) is 11.3. The highest BCUT2D eigenvalue weighted by Gasteiger charge is 2.18. The predicted molar refractivity (Wildman–Crippen MR) is 74.1 cm³/mol. The highest BCUT2D eigenvalue weighted by Crippen LogP contribution is 2.22. The van der Waals surface area contributed by atoms with Crippen LogP contribution in [0.3, 0.4) is 0 Å². The lowest BCUT2D eigenvalue weighted by Crippen LogP contribution is -2.20. The number of carbonyl (C=O) groups is 1. The van der Waals surface area contributed by atoms with Gasteiger partial charge in [0.2, 0.25) is 0 Å². The first-order chi connectivity index (χ1) is 7.54. The van der Waals surface area contributed by atoms with Crippen LogP contribution < -0.4 is 0 Å². The Morgan fingerprint density at radius 2 is 2.25 bits per heavy atom. The Morgan fingerprint density at radius 1 is 1.56 bits per heavy atom. The van der Waals surface area contributed by atoms with E-state index in [0.717, 1.165) is 9.13 Å². The van der Waals surface area contributed by atoms with Gasteiger partial charge in [0.15, 0.2) is 0 Å². The van der Waals surface area contributed by atoms with E-state index in [1.54, 1.807) is 6.92 Å². The quantitative estimate of drug-likeness (QED) is 0.458. The number of hydrogen-bond acceptors (Lipinski definition) is 2. The molecule has 0 aromatic heterocycles. The maximum atomic E-state index is 11.3. The molecule has 0 spiro atoms. The average Bonchev–Trinajstić information content (AvgIpc) is 2.22. The van der Waals surface area contributed by atoms with Crippen LogP contribution in [0.25, 0.3) is 0 Å². The fourth-order valence-corrected chi connectivity index (χ4v) is 2.36. The average molecular weight is 373 g/mol. The molecule has 0 aliphatic heterocycles. The number of ether oxygens (including phenoxy) is 1. The molecular formula is C11H11Cl2IO2. The van der Waals surface area contributed by atoms with Crippen molar-refractivity contribution in [1.82, 2.24) is 0 Å². The van der Waals surface area contributed by atoms with E-state index in [1.165, 1.54) is 0 Å². The van der Waals surface area contributed by atoms with Gasteiger partial charge in [0.1, 0.15) is 5.38 Å². The molecular weight excluding hydrogens is 362 g/mol. The van der Waals surface area contributed by atoms with Crippen molar-refractivity contribution in [2.45, 2.75) is 18.7 Å². The molecule has 1 unspecified atom stereocenters. The van der Waals surface area contributed by atoms with Gasteiger partial charge in [0.25, 0.3) is 0 Å². The van der Waals surface area contributed by atoms with Crippen LogP contribution in [0.2, 0.25) is 5.02 Å². The van der Waals surface area contributed by atoms with Crippen molar-refractivity contribution < 1.29 is 9.53 Å². The summed E-state index contributed by atoms with van der Waals surface area (Å²) in [5.41, 5.74) is 0.857. The molecule has 1 rings (SSSR count).